The second-order valence-electron chi connectivity index (χ2n) is 5.29. The summed E-state index contributed by atoms with van der Waals surface area (Å²) in [6, 6.07) is 4.07. The van der Waals surface area contributed by atoms with Crippen LogP contribution in [-0.2, 0) is 13.0 Å². The largest absolute Gasteiger partial charge is 0.313 e. The van der Waals surface area contributed by atoms with Gasteiger partial charge in [0.25, 0.3) is 0 Å². The van der Waals surface area contributed by atoms with E-state index in [0.29, 0.717) is 5.88 Å². The van der Waals surface area contributed by atoms with Crippen LogP contribution in [0.4, 0.5) is 0 Å². The Morgan fingerprint density at radius 2 is 1.95 bits per heavy atom. The molecule has 2 aromatic rings. The van der Waals surface area contributed by atoms with Crippen molar-refractivity contribution < 1.29 is 0 Å². The molecule has 4 nitrogen and oxygen atoms in total. The molecule has 0 atom stereocenters. The van der Waals surface area contributed by atoms with Crippen LogP contribution < -0.4 is 0 Å². The van der Waals surface area contributed by atoms with Crippen molar-refractivity contribution in [1.82, 2.24) is 19.4 Å². The van der Waals surface area contributed by atoms with Gasteiger partial charge in [0.1, 0.15) is 11.3 Å². The minimum Gasteiger partial charge on any atom is -0.313 e. The van der Waals surface area contributed by atoms with E-state index in [2.05, 4.69) is 39.3 Å². The quantitative estimate of drug-likeness (QED) is 0.702. The lowest BCUT2D eigenvalue weighted by molar-refractivity contribution is 0.293. The van der Waals surface area contributed by atoms with Crippen molar-refractivity contribution in [2.75, 3.05) is 25.5 Å². The molecule has 0 radical (unpaired) electrons. The Balaban J connectivity index is 2.19. The number of aryl methyl sites for hydroxylation is 3. The predicted molar refractivity (Wildman–Crippen MR) is 89.1 cm³/mol. The summed E-state index contributed by atoms with van der Waals surface area (Å²) in [5.74, 6) is 1.65. The second-order valence-corrected chi connectivity index (χ2v) is 5.67. The molecule has 0 saturated heterocycles. The van der Waals surface area contributed by atoms with E-state index in [-0.39, 0.29) is 0 Å². The van der Waals surface area contributed by atoms with Gasteiger partial charge < -0.3 is 9.47 Å². The molecule has 0 bridgehead atoms. The highest BCUT2D eigenvalue weighted by molar-refractivity contribution is 6.17. The van der Waals surface area contributed by atoms with Crippen LogP contribution in [-0.4, -0.2) is 44.9 Å². The molecule has 116 valence electrons. The van der Waals surface area contributed by atoms with E-state index in [9.17, 15) is 0 Å². The number of hydrogen-bond acceptors (Lipinski definition) is 3. The van der Waals surface area contributed by atoms with Crippen molar-refractivity contribution in [3.63, 3.8) is 0 Å². The lowest BCUT2D eigenvalue weighted by Crippen LogP contribution is -2.25. The van der Waals surface area contributed by atoms with E-state index < -0.39 is 0 Å². The summed E-state index contributed by atoms with van der Waals surface area (Å²) in [7, 11) is 0. The van der Waals surface area contributed by atoms with Gasteiger partial charge in [0.15, 0.2) is 5.65 Å². The monoisotopic (exact) mass is 308 g/mol. The van der Waals surface area contributed by atoms with Crippen LogP contribution in [0.15, 0.2) is 12.1 Å². The standard InChI is InChI=1S/C16H25ClN4/c1-4-20(5-2)11-6-12-21-15(9-10-17)19-14-8-7-13(3)18-16(14)21/h7-8H,4-6,9-12H2,1-3H3. The van der Waals surface area contributed by atoms with Crippen molar-refractivity contribution in [2.45, 2.75) is 40.2 Å². The van der Waals surface area contributed by atoms with Crippen molar-refractivity contribution in [1.29, 1.82) is 0 Å². The summed E-state index contributed by atoms with van der Waals surface area (Å²) in [5, 5.41) is 0. The van der Waals surface area contributed by atoms with Crippen LogP contribution in [0.25, 0.3) is 11.2 Å². The first kappa shape index (κ1) is 16.2. The Labute approximate surface area is 132 Å². The van der Waals surface area contributed by atoms with Crippen molar-refractivity contribution in [3.8, 4) is 0 Å². The molecule has 0 aliphatic rings. The zero-order valence-electron chi connectivity index (χ0n) is 13.3. The van der Waals surface area contributed by atoms with Crippen LogP contribution in [0.5, 0.6) is 0 Å². The van der Waals surface area contributed by atoms with Gasteiger partial charge >= 0.3 is 0 Å². The van der Waals surface area contributed by atoms with Gasteiger partial charge in [-0.15, -0.1) is 11.6 Å². The summed E-state index contributed by atoms with van der Waals surface area (Å²) in [6.45, 7) is 10.7. The molecule has 2 heterocycles. The van der Waals surface area contributed by atoms with Crippen LogP contribution >= 0.6 is 11.6 Å². The SMILES string of the molecule is CCN(CC)CCCn1c(CCCl)nc2ccc(C)nc21. The van der Waals surface area contributed by atoms with Gasteiger partial charge in [-0.05, 0) is 45.1 Å². The normalized spacial score (nSPS) is 11.7. The molecule has 0 amide bonds. The van der Waals surface area contributed by atoms with Crippen LogP contribution in [0.1, 0.15) is 31.8 Å². The molecule has 0 fully saturated rings. The number of pyridine rings is 1. The van der Waals surface area contributed by atoms with E-state index in [1.165, 1.54) is 0 Å². The molecule has 5 heteroatoms. The number of aromatic nitrogens is 3. The Bertz CT molecular complexity index is 575. The fourth-order valence-corrected chi connectivity index (χ4v) is 2.81. The molecule has 0 N–H and O–H groups in total. The molecule has 21 heavy (non-hydrogen) atoms. The fourth-order valence-electron chi connectivity index (χ4n) is 2.65. The topological polar surface area (TPSA) is 34.0 Å². The van der Waals surface area contributed by atoms with Crippen molar-refractivity contribution in [3.05, 3.63) is 23.7 Å². The zero-order valence-corrected chi connectivity index (χ0v) is 14.0. The predicted octanol–water partition coefficient (Wildman–Crippen LogP) is 3.25. The maximum atomic E-state index is 5.91. The van der Waals surface area contributed by atoms with Crippen LogP contribution in [0.2, 0.25) is 0 Å². The molecule has 0 unspecified atom stereocenters. The van der Waals surface area contributed by atoms with E-state index in [0.717, 1.165) is 61.7 Å². The first-order chi connectivity index (χ1) is 10.2. The number of alkyl halides is 1. The lowest BCUT2D eigenvalue weighted by atomic mass is 10.3. The van der Waals surface area contributed by atoms with E-state index >= 15 is 0 Å². The summed E-state index contributed by atoms with van der Waals surface area (Å²) >= 11 is 5.91. The highest BCUT2D eigenvalue weighted by Gasteiger charge is 2.12. The number of imidazole rings is 1. The number of halogens is 1. The van der Waals surface area contributed by atoms with Crippen LogP contribution in [0.3, 0.4) is 0 Å². The third kappa shape index (κ3) is 3.95. The van der Waals surface area contributed by atoms with E-state index in [1.54, 1.807) is 0 Å². The molecule has 0 aromatic carbocycles. The third-order valence-corrected chi connectivity index (χ3v) is 4.07. The average molecular weight is 309 g/mol. The molecule has 0 aliphatic carbocycles. The average Bonchev–Trinajstić information content (AvgIpc) is 2.81. The smallest absolute Gasteiger partial charge is 0.160 e. The van der Waals surface area contributed by atoms with Gasteiger partial charge in [0, 0.05) is 24.5 Å². The Hall–Kier alpha value is -1.13. The first-order valence-corrected chi connectivity index (χ1v) is 8.34. The van der Waals surface area contributed by atoms with Gasteiger partial charge in [-0.25, -0.2) is 9.97 Å². The first-order valence-electron chi connectivity index (χ1n) is 7.80. The van der Waals surface area contributed by atoms with Gasteiger partial charge in [-0.1, -0.05) is 13.8 Å². The van der Waals surface area contributed by atoms with Gasteiger partial charge in [0.2, 0.25) is 0 Å². The van der Waals surface area contributed by atoms with Crippen molar-refractivity contribution >= 4 is 22.8 Å². The maximum Gasteiger partial charge on any atom is 0.160 e. The van der Waals surface area contributed by atoms with E-state index in [4.69, 9.17) is 11.6 Å². The maximum absolute atomic E-state index is 5.91. The number of rotatable bonds is 8. The number of fused-ring (bicyclic) bond motifs is 1. The molecule has 0 aliphatic heterocycles. The molecular weight excluding hydrogens is 284 g/mol. The van der Waals surface area contributed by atoms with Gasteiger partial charge in [-0.2, -0.15) is 0 Å². The molecule has 2 aromatic heterocycles. The number of hydrogen-bond donors (Lipinski definition) is 0. The summed E-state index contributed by atoms with van der Waals surface area (Å²) in [4.78, 5) is 11.8. The summed E-state index contributed by atoms with van der Waals surface area (Å²) in [5.41, 5.74) is 3.00. The number of nitrogens with zero attached hydrogens (tertiary/aromatic N) is 4. The van der Waals surface area contributed by atoms with E-state index in [1.807, 2.05) is 13.0 Å². The summed E-state index contributed by atoms with van der Waals surface area (Å²) in [6.07, 6.45) is 1.90. The zero-order chi connectivity index (χ0) is 15.2. The fraction of sp³-hybridized carbons (Fsp3) is 0.625. The summed E-state index contributed by atoms with van der Waals surface area (Å²) < 4.78 is 2.24. The molecule has 2 rings (SSSR count). The minimum atomic E-state index is 0.596. The lowest BCUT2D eigenvalue weighted by Gasteiger charge is -2.18. The Morgan fingerprint density at radius 3 is 2.62 bits per heavy atom. The van der Waals surface area contributed by atoms with Gasteiger partial charge in [-0.3, -0.25) is 0 Å². The minimum absolute atomic E-state index is 0.596. The highest BCUT2D eigenvalue weighted by atomic mass is 35.5. The molecular formula is C16H25ClN4. The van der Waals surface area contributed by atoms with Gasteiger partial charge in [0.05, 0.1) is 0 Å². The van der Waals surface area contributed by atoms with Crippen molar-refractivity contribution in [2.24, 2.45) is 0 Å². The second kappa shape index (κ2) is 7.76. The third-order valence-electron chi connectivity index (χ3n) is 3.88. The Morgan fingerprint density at radius 1 is 1.19 bits per heavy atom. The highest BCUT2D eigenvalue weighted by Crippen LogP contribution is 2.16. The Kier molecular flexibility index (Phi) is 6.00. The molecule has 0 saturated carbocycles. The molecule has 0 spiro atoms. The van der Waals surface area contributed by atoms with Crippen LogP contribution in [0, 0.1) is 6.92 Å².